The van der Waals surface area contributed by atoms with E-state index in [1.165, 1.54) is 6.39 Å². The Balaban J connectivity index is 2.17. The average Bonchev–Trinajstić information content (AvgIpc) is 3.03. The van der Waals surface area contributed by atoms with E-state index in [2.05, 4.69) is 34.7 Å². The highest BCUT2D eigenvalue weighted by Gasteiger charge is 2.11. The normalized spacial score (nSPS) is 10.4. The largest absolute Gasteiger partial charge is 0.443 e. The van der Waals surface area contributed by atoms with Crippen molar-refractivity contribution >= 4 is 0 Å². The Morgan fingerprint density at radius 2 is 1.95 bits per heavy atom. The molecule has 20 heavy (non-hydrogen) atoms. The number of hydrogen-bond acceptors (Lipinski definition) is 3. The molecule has 0 saturated carbocycles. The van der Waals surface area contributed by atoms with Crippen LogP contribution in [0.2, 0.25) is 0 Å². The summed E-state index contributed by atoms with van der Waals surface area (Å²) in [5.74, 6) is 0.724. The van der Waals surface area contributed by atoms with E-state index >= 15 is 0 Å². The molecule has 98 valence electrons. The molecular weight excluding hydrogens is 248 g/mol. The molecule has 3 heteroatoms. The molecule has 0 bridgehead atoms. The predicted molar refractivity (Wildman–Crippen MR) is 79.1 cm³/mol. The summed E-state index contributed by atoms with van der Waals surface area (Å²) in [5, 5.41) is 0. The summed E-state index contributed by atoms with van der Waals surface area (Å²) in [5.41, 5.74) is 4.16. The molecule has 2 heterocycles. The summed E-state index contributed by atoms with van der Waals surface area (Å²) >= 11 is 0. The lowest BCUT2D eigenvalue weighted by molar-refractivity contribution is 0.572. The quantitative estimate of drug-likeness (QED) is 0.663. The lowest BCUT2D eigenvalue weighted by Gasteiger charge is -2.09. The van der Waals surface area contributed by atoms with Crippen LogP contribution in [0.5, 0.6) is 0 Å². The Bertz CT molecular complexity index is 703. The lowest BCUT2D eigenvalue weighted by atomic mass is 9.99. The summed E-state index contributed by atoms with van der Waals surface area (Å²) in [4.78, 5) is 8.43. The zero-order chi connectivity index (χ0) is 13.8. The van der Waals surface area contributed by atoms with Crippen LogP contribution in [0.25, 0.3) is 22.5 Å². The number of hydrogen-bond donors (Lipinski definition) is 0. The van der Waals surface area contributed by atoms with Gasteiger partial charge in [-0.25, -0.2) is 4.98 Å². The summed E-state index contributed by atoms with van der Waals surface area (Å²) < 4.78 is 5.41. The third kappa shape index (κ3) is 2.38. The Morgan fingerprint density at radius 3 is 2.65 bits per heavy atom. The minimum atomic E-state index is 0.724. The standard InChI is InChI=1S/C17H14N2O/c1-2-6-14-9-15(13-7-4-3-5-8-13)16(10-19-14)17-11-18-12-20-17/h2-5,7-12H,1,6H2. The van der Waals surface area contributed by atoms with Gasteiger partial charge >= 0.3 is 0 Å². The number of pyridine rings is 1. The summed E-state index contributed by atoms with van der Waals surface area (Å²) in [7, 11) is 0. The molecule has 3 rings (SSSR count). The number of nitrogens with zero attached hydrogens (tertiary/aromatic N) is 2. The van der Waals surface area contributed by atoms with Gasteiger partial charge in [0.25, 0.3) is 0 Å². The van der Waals surface area contributed by atoms with Crippen LogP contribution in [0.15, 0.2) is 72.3 Å². The van der Waals surface area contributed by atoms with Crippen LogP contribution in [0.1, 0.15) is 5.69 Å². The fourth-order valence-corrected chi connectivity index (χ4v) is 2.16. The zero-order valence-electron chi connectivity index (χ0n) is 11.0. The summed E-state index contributed by atoms with van der Waals surface area (Å²) in [6.45, 7) is 3.76. The third-order valence-electron chi connectivity index (χ3n) is 3.10. The molecule has 0 aliphatic carbocycles. The summed E-state index contributed by atoms with van der Waals surface area (Å²) in [6, 6.07) is 12.3. The van der Waals surface area contributed by atoms with Gasteiger partial charge in [0.05, 0.1) is 6.20 Å². The molecule has 0 saturated heterocycles. The van der Waals surface area contributed by atoms with Crippen molar-refractivity contribution in [1.29, 1.82) is 0 Å². The van der Waals surface area contributed by atoms with E-state index in [1.54, 1.807) is 6.20 Å². The average molecular weight is 262 g/mol. The molecule has 0 atom stereocenters. The minimum Gasteiger partial charge on any atom is -0.443 e. The van der Waals surface area contributed by atoms with Crippen LogP contribution < -0.4 is 0 Å². The monoisotopic (exact) mass is 262 g/mol. The van der Waals surface area contributed by atoms with E-state index in [4.69, 9.17) is 4.42 Å². The first-order valence-corrected chi connectivity index (χ1v) is 6.42. The van der Waals surface area contributed by atoms with Crippen molar-refractivity contribution in [3.8, 4) is 22.5 Å². The SMILES string of the molecule is C=CCc1cc(-c2ccccc2)c(-c2cnco2)cn1. The summed E-state index contributed by atoms with van der Waals surface area (Å²) in [6.07, 6.45) is 7.57. The van der Waals surface area contributed by atoms with Crippen molar-refractivity contribution in [3.63, 3.8) is 0 Å². The molecule has 0 spiro atoms. The smallest absolute Gasteiger partial charge is 0.181 e. The van der Waals surface area contributed by atoms with Crippen molar-refractivity contribution < 1.29 is 4.42 Å². The Morgan fingerprint density at radius 1 is 1.10 bits per heavy atom. The van der Waals surface area contributed by atoms with Gasteiger partial charge < -0.3 is 4.42 Å². The van der Waals surface area contributed by atoms with Gasteiger partial charge in [0, 0.05) is 23.9 Å². The topological polar surface area (TPSA) is 38.9 Å². The molecule has 3 aromatic rings. The van der Waals surface area contributed by atoms with Gasteiger partial charge in [-0.15, -0.1) is 6.58 Å². The van der Waals surface area contributed by atoms with Crippen LogP contribution in [-0.4, -0.2) is 9.97 Å². The molecule has 0 fully saturated rings. The van der Waals surface area contributed by atoms with Crippen LogP contribution in [0.3, 0.4) is 0 Å². The highest BCUT2D eigenvalue weighted by molar-refractivity contribution is 5.80. The maximum atomic E-state index is 5.41. The molecule has 1 aromatic carbocycles. The van der Waals surface area contributed by atoms with Gasteiger partial charge in [-0.1, -0.05) is 36.4 Å². The van der Waals surface area contributed by atoms with E-state index in [1.807, 2.05) is 30.5 Å². The number of rotatable bonds is 4. The van der Waals surface area contributed by atoms with Gasteiger partial charge in [-0.05, 0) is 17.2 Å². The first-order chi connectivity index (χ1) is 9.88. The Hall–Kier alpha value is -2.68. The van der Waals surface area contributed by atoms with Crippen molar-refractivity contribution in [2.45, 2.75) is 6.42 Å². The highest BCUT2D eigenvalue weighted by atomic mass is 16.3. The molecule has 0 N–H and O–H groups in total. The maximum absolute atomic E-state index is 5.41. The molecular formula is C17H14N2O. The van der Waals surface area contributed by atoms with Gasteiger partial charge in [0.1, 0.15) is 0 Å². The zero-order valence-corrected chi connectivity index (χ0v) is 11.0. The first-order valence-electron chi connectivity index (χ1n) is 6.42. The number of aromatic nitrogens is 2. The fourth-order valence-electron chi connectivity index (χ4n) is 2.16. The van der Waals surface area contributed by atoms with Gasteiger partial charge in [0.2, 0.25) is 0 Å². The fraction of sp³-hybridized carbons (Fsp3) is 0.0588. The van der Waals surface area contributed by atoms with E-state index in [0.29, 0.717) is 0 Å². The van der Waals surface area contributed by atoms with E-state index < -0.39 is 0 Å². The third-order valence-corrected chi connectivity index (χ3v) is 3.10. The van der Waals surface area contributed by atoms with Crippen molar-refractivity contribution in [1.82, 2.24) is 9.97 Å². The molecule has 0 aliphatic rings. The Labute approximate surface area is 117 Å². The van der Waals surface area contributed by atoms with Gasteiger partial charge in [-0.2, -0.15) is 0 Å². The van der Waals surface area contributed by atoms with Crippen molar-refractivity contribution in [2.75, 3.05) is 0 Å². The van der Waals surface area contributed by atoms with Crippen LogP contribution in [-0.2, 0) is 6.42 Å². The molecule has 0 radical (unpaired) electrons. The second kappa shape index (κ2) is 5.53. The predicted octanol–water partition coefficient (Wildman–Crippen LogP) is 4.13. The lowest BCUT2D eigenvalue weighted by Crippen LogP contribution is -1.92. The van der Waals surface area contributed by atoms with Crippen molar-refractivity contribution in [3.05, 3.63) is 73.5 Å². The van der Waals surface area contributed by atoms with E-state index in [0.717, 1.165) is 34.6 Å². The van der Waals surface area contributed by atoms with Crippen LogP contribution in [0.4, 0.5) is 0 Å². The second-order valence-corrected chi connectivity index (χ2v) is 4.45. The van der Waals surface area contributed by atoms with Crippen molar-refractivity contribution in [2.24, 2.45) is 0 Å². The molecule has 3 nitrogen and oxygen atoms in total. The number of allylic oxidation sites excluding steroid dienone is 1. The molecule has 2 aromatic heterocycles. The van der Waals surface area contributed by atoms with Gasteiger partial charge in [-0.3, -0.25) is 4.98 Å². The highest BCUT2D eigenvalue weighted by Crippen LogP contribution is 2.31. The Kier molecular flexibility index (Phi) is 3.42. The van der Waals surface area contributed by atoms with E-state index in [-0.39, 0.29) is 0 Å². The molecule has 0 amide bonds. The second-order valence-electron chi connectivity index (χ2n) is 4.45. The van der Waals surface area contributed by atoms with Crippen LogP contribution >= 0.6 is 0 Å². The number of benzene rings is 1. The van der Waals surface area contributed by atoms with Crippen LogP contribution in [0, 0.1) is 0 Å². The number of oxazole rings is 1. The molecule has 0 unspecified atom stereocenters. The molecule has 0 aliphatic heterocycles. The van der Waals surface area contributed by atoms with E-state index in [9.17, 15) is 0 Å². The van der Waals surface area contributed by atoms with Gasteiger partial charge in [0.15, 0.2) is 12.2 Å². The first kappa shape index (κ1) is 12.4. The maximum Gasteiger partial charge on any atom is 0.181 e. The minimum absolute atomic E-state index is 0.724.